The van der Waals surface area contributed by atoms with Gasteiger partial charge in [0.1, 0.15) is 0 Å². The fraction of sp³-hybridized carbons (Fsp3) is 0.294. The summed E-state index contributed by atoms with van der Waals surface area (Å²) in [7, 11) is 8.45. The van der Waals surface area contributed by atoms with E-state index in [4.69, 9.17) is 0 Å². The molecule has 0 N–H and O–H groups in total. The molecular weight excluding hydrogens is 486 g/mol. The maximum Gasteiger partial charge on any atom is 0.358 e. The SMILES string of the molecule is CN(C)c1ccc2c(c1)[I+]c1cc(N(C)C)ccc1C2.[I-]. The smallest absolute Gasteiger partial charge is 0.358 e. The summed E-state index contributed by atoms with van der Waals surface area (Å²) in [5.74, 6) is 0. The van der Waals surface area contributed by atoms with Crippen LogP contribution in [0.2, 0.25) is 0 Å². The van der Waals surface area contributed by atoms with E-state index in [9.17, 15) is 0 Å². The zero-order chi connectivity index (χ0) is 14.3. The van der Waals surface area contributed by atoms with E-state index in [0.717, 1.165) is 6.42 Å². The van der Waals surface area contributed by atoms with Crippen molar-refractivity contribution >= 4 is 11.4 Å². The largest absolute Gasteiger partial charge is 1.00 e. The van der Waals surface area contributed by atoms with Gasteiger partial charge in [-0.15, -0.1) is 0 Å². The lowest BCUT2D eigenvalue weighted by Crippen LogP contribution is -3.62. The molecule has 0 radical (unpaired) electrons. The lowest BCUT2D eigenvalue weighted by molar-refractivity contribution is -0.601. The Kier molecular flexibility index (Phi) is 5.40. The maximum atomic E-state index is 2.38. The van der Waals surface area contributed by atoms with Crippen LogP contribution in [0, 0.1) is 7.14 Å². The summed E-state index contributed by atoms with van der Waals surface area (Å²) in [6, 6.07) is 13.9. The molecule has 0 aromatic heterocycles. The van der Waals surface area contributed by atoms with Gasteiger partial charge in [0.25, 0.3) is 0 Å². The van der Waals surface area contributed by atoms with Crippen LogP contribution in [0.5, 0.6) is 0 Å². The van der Waals surface area contributed by atoms with Crippen LogP contribution < -0.4 is 55.0 Å². The Morgan fingerprint density at radius 1 is 0.762 bits per heavy atom. The molecule has 1 aliphatic rings. The second-order valence-electron chi connectivity index (χ2n) is 5.61. The first-order valence-corrected chi connectivity index (χ1v) is 8.95. The van der Waals surface area contributed by atoms with Gasteiger partial charge in [-0.1, -0.05) is 12.1 Å². The average molecular weight is 506 g/mol. The monoisotopic (exact) mass is 506 g/mol. The number of hydrogen-bond donors (Lipinski definition) is 0. The van der Waals surface area contributed by atoms with E-state index in [1.54, 1.807) is 7.14 Å². The number of rotatable bonds is 2. The molecule has 2 nitrogen and oxygen atoms in total. The number of halogens is 2. The summed E-state index contributed by atoms with van der Waals surface area (Å²) in [6.07, 6.45) is 1.09. The highest BCUT2D eigenvalue weighted by Gasteiger charge is 2.30. The first-order chi connectivity index (χ1) is 9.54. The minimum atomic E-state index is -0.0627. The summed E-state index contributed by atoms with van der Waals surface area (Å²) in [5, 5.41) is 0. The van der Waals surface area contributed by atoms with Gasteiger partial charge in [0.15, 0.2) is 7.14 Å². The number of nitrogens with zero attached hydrogens (tertiary/aromatic N) is 2. The summed E-state index contributed by atoms with van der Waals surface area (Å²) >= 11 is -0.0627. The molecule has 0 bridgehead atoms. The average Bonchev–Trinajstić information content (AvgIpc) is 2.43. The standard InChI is InChI=1S/C17H20IN2.HI/c1-19(2)14-7-5-12-9-13-6-8-15(20(3)4)11-17(13)18-16(12)10-14;/h5-8,10-11H,9H2,1-4H3;1H/q+1;/p-1. The topological polar surface area (TPSA) is 6.48 Å². The highest BCUT2D eigenvalue weighted by molar-refractivity contribution is 5.49. The Labute approximate surface area is 154 Å². The van der Waals surface area contributed by atoms with Gasteiger partial charge in [-0.3, -0.25) is 0 Å². The molecule has 2 aromatic rings. The first-order valence-electron chi connectivity index (χ1n) is 6.80. The molecule has 4 heteroatoms. The van der Waals surface area contributed by atoms with Gasteiger partial charge in [-0.25, -0.2) is 0 Å². The third-order valence-electron chi connectivity index (χ3n) is 3.69. The fourth-order valence-corrected chi connectivity index (χ4v) is 5.42. The molecule has 0 aliphatic carbocycles. The molecule has 0 saturated carbocycles. The Morgan fingerprint density at radius 3 is 1.57 bits per heavy atom. The van der Waals surface area contributed by atoms with E-state index in [2.05, 4.69) is 74.4 Å². The highest BCUT2D eigenvalue weighted by Crippen LogP contribution is 2.20. The summed E-state index contributed by atoms with van der Waals surface area (Å²) < 4.78 is 3.16. The van der Waals surface area contributed by atoms with Crippen LogP contribution in [0.15, 0.2) is 36.4 Å². The van der Waals surface area contributed by atoms with Gasteiger partial charge in [-0.2, -0.15) is 0 Å². The van der Waals surface area contributed by atoms with Gasteiger partial charge in [-0.05, 0) is 12.1 Å². The molecule has 0 unspecified atom stereocenters. The Morgan fingerprint density at radius 2 is 1.19 bits per heavy atom. The van der Waals surface area contributed by atoms with Gasteiger partial charge >= 0.3 is 21.2 Å². The van der Waals surface area contributed by atoms with Crippen molar-refractivity contribution in [3.8, 4) is 0 Å². The number of anilines is 2. The fourth-order valence-electron chi connectivity index (χ4n) is 2.41. The normalized spacial score (nSPS) is 12.0. The molecule has 2 aromatic carbocycles. The van der Waals surface area contributed by atoms with Crippen LogP contribution in [0.4, 0.5) is 11.4 Å². The Balaban J connectivity index is 0.00000161. The zero-order valence-electron chi connectivity index (χ0n) is 12.8. The van der Waals surface area contributed by atoms with Crippen molar-refractivity contribution in [1.29, 1.82) is 0 Å². The van der Waals surface area contributed by atoms with Gasteiger partial charge in [0.05, 0.1) is 0 Å². The van der Waals surface area contributed by atoms with Crippen LogP contribution in [0.25, 0.3) is 0 Å². The van der Waals surface area contributed by atoms with Crippen molar-refractivity contribution in [2.75, 3.05) is 38.0 Å². The molecule has 112 valence electrons. The summed E-state index contributed by atoms with van der Waals surface area (Å²) in [5.41, 5.74) is 5.67. The van der Waals surface area contributed by atoms with E-state index in [1.165, 1.54) is 22.5 Å². The molecule has 3 rings (SSSR count). The second kappa shape index (κ2) is 6.73. The summed E-state index contributed by atoms with van der Waals surface area (Å²) in [6.45, 7) is 0. The van der Waals surface area contributed by atoms with Crippen LogP contribution in [-0.2, 0) is 6.42 Å². The summed E-state index contributed by atoms with van der Waals surface area (Å²) in [4.78, 5) is 4.38. The maximum absolute atomic E-state index is 2.38. The molecule has 0 atom stereocenters. The Hall–Kier alpha value is -0.500. The zero-order valence-corrected chi connectivity index (χ0v) is 17.1. The molecule has 1 heterocycles. The minimum absolute atomic E-state index is 0. The molecule has 21 heavy (non-hydrogen) atoms. The van der Waals surface area contributed by atoms with Crippen molar-refractivity contribution in [3.05, 3.63) is 54.7 Å². The molecular formula is C17H20I2N2. The number of benzene rings is 2. The lowest BCUT2D eigenvalue weighted by atomic mass is 10.0. The van der Waals surface area contributed by atoms with Crippen LogP contribution in [0.3, 0.4) is 0 Å². The molecule has 0 saturated heterocycles. The van der Waals surface area contributed by atoms with Crippen LogP contribution >= 0.6 is 0 Å². The van der Waals surface area contributed by atoms with E-state index < -0.39 is 0 Å². The van der Waals surface area contributed by atoms with Gasteiger partial charge in [0, 0.05) is 69.2 Å². The van der Waals surface area contributed by atoms with E-state index in [-0.39, 0.29) is 45.2 Å². The third-order valence-corrected chi connectivity index (χ3v) is 6.86. The highest BCUT2D eigenvalue weighted by atomic mass is 127. The lowest BCUT2D eigenvalue weighted by Gasteiger charge is -2.17. The van der Waals surface area contributed by atoms with E-state index in [1.807, 2.05) is 0 Å². The minimum Gasteiger partial charge on any atom is -1.00 e. The predicted molar refractivity (Wildman–Crippen MR) is 81.7 cm³/mol. The van der Waals surface area contributed by atoms with E-state index >= 15 is 0 Å². The van der Waals surface area contributed by atoms with Crippen molar-refractivity contribution in [2.45, 2.75) is 6.42 Å². The van der Waals surface area contributed by atoms with Crippen molar-refractivity contribution < 1.29 is 45.2 Å². The van der Waals surface area contributed by atoms with Gasteiger partial charge in [0.2, 0.25) is 0 Å². The number of fused-ring (bicyclic) bond motifs is 2. The first kappa shape index (κ1) is 16.9. The molecule has 0 spiro atoms. The predicted octanol–water partition coefficient (Wildman–Crippen LogP) is -3.14. The Bertz CT molecular complexity index is 596. The van der Waals surface area contributed by atoms with Crippen LogP contribution in [-0.4, -0.2) is 28.2 Å². The van der Waals surface area contributed by atoms with Crippen molar-refractivity contribution in [1.82, 2.24) is 0 Å². The second-order valence-corrected chi connectivity index (χ2v) is 8.48. The molecule has 0 fully saturated rings. The quantitative estimate of drug-likeness (QED) is 0.340. The molecule has 1 aliphatic heterocycles. The van der Waals surface area contributed by atoms with Crippen molar-refractivity contribution in [2.24, 2.45) is 0 Å². The molecule has 0 amide bonds. The van der Waals surface area contributed by atoms with E-state index in [0.29, 0.717) is 0 Å². The number of hydrogen-bond acceptors (Lipinski definition) is 2. The van der Waals surface area contributed by atoms with Gasteiger partial charge < -0.3 is 33.8 Å². The van der Waals surface area contributed by atoms with Crippen LogP contribution in [0.1, 0.15) is 11.1 Å². The van der Waals surface area contributed by atoms with Crippen molar-refractivity contribution in [3.63, 3.8) is 0 Å². The third kappa shape index (κ3) is 3.47.